The summed E-state index contributed by atoms with van der Waals surface area (Å²) < 4.78 is 11.0. The van der Waals surface area contributed by atoms with Crippen LogP contribution in [0.2, 0.25) is 0 Å². The van der Waals surface area contributed by atoms with Crippen LogP contribution in [0.15, 0.2) is 36.0 Å². The summed E-state index contributed by atoms with van der Waals surface area (Å²) in [6.07, 6.45) is 9.50. The number of ether oxygens (including phenoxy) is 2. The van der Waals surface area contributed by atoms with Gasteiger partial charge < -0.3 is 14.6 Å². The molecule has 2 fully saturated rings. The Labute approximate surface area is 171 Å². The van der Waals surface area contributed by atoms with Gasteiger partial charge in [-0.1, -0.05) is 45.4 Å². The van der Waals surface area contributed by atoms with E-state index in [1.807, 2.05) is 13.8 Å². The molecule has 1 heterocycles. The predicted molar refractivity (Wildman–Crippen MR) is 107 cm³/mol. The molecule has 4 atom stereocenters. The van der Waals surface area contributed by atoms with E-state index in [-0.39, 0.29) is 30.1 Å². The Bertz CT molecular complexity index is 804. The molecule has 6 nitrogen and oxygen atoms in total. The first-order valence-electron chi connectivity index (χ1n) is 10.2. The lowest BCUT2D eigenvalue weighted by Crippen LogP contribution is -2.65. The fraction of sp³-hybridized carbons (Fsp3) is 0.609. The van der Waals surface area contributed by atoms with Gasteiger partial charge in [0.2, 0.25) is 0 Å². The van der Waals surface area contributed by atoms with Gasteiger partial charge in [-0.15, -0.1) is 0 Å². The molecule has 3 aliphatic rings. The zero-order valence-electron chi connectivity index (χ0n) is 17.6. The standard InChI is InChI=1S/C23H30O6/c1-5-6-7-9-16(24)13-18(25)29-17-12-15-14-28-20(26)23(15,27)22(4)11-8-10-21(2,3)19(17)22/h5-7,9,12,17,19,27H,8,10-11,13-14H2,1-4H3. The van der Waals surface area contributed by atoms with Crippen LogP contribution in [0.1, 0.15) is 53.4 Å². The van der Waals surface area contributed by atoms with Gasteiger partial charge >= 0.3 is 11.9 Å². The Morgan fingerprint density at radius 2 is 2.00 bits per heavy atom. The Hall–Kier alpha value is -2.21. The Morgan fingerprint density at radius 3 is 2.69 bits per heavy atom. The molecular formula is C23H30O6. The van der Waals surface area contributed by atoms with Crippen molar-refractivity contribution in [2.75, 3.05) is 6.61 Å². The van der Waals surface area contributed by atoms with Crippen molar-refractivity contribution in [2.45, 2.75) is 65.1 Å². The number of fused-ring (bicyclic) bond motifs is 3. The lowest BCUT2D eigenvalue weighted by atomic mass is 9.46. The summed E-state index contributed by atoms with van der Waals surface area (Å²) in [6, 6.07) is 0. The molecule has 0 amide bonds. The van der Waals surface area contributed by atoms with Crippen molar-refractivity contribution in [1.29, 1.82) is 0 Å². The lowest BCUT2D eigenvalue weighted by Gasteiger charge is -2.59. The molecule has 3 rings (SSSR count). The second-order valence-corrected chi connectivity index (χ2v) is 9.20. The van der Waals surface area contributed by atoms with Gasteiger partial charge in [0.15, 0.2) is 11.4 Å². The molecule has 0 radical (unpaired) electrons. The summed E-state index contributed by atoms with van der Waals surface area (Å²) >= 11 is 0. The van der Waals surface area contributed by atoms with Crippen LogP contribution in [0.3, 0.4) is 0 Å². The molecule has 0 spiro atoms. The molecule has 1 aliphatic heterocycles. The van der Waals surface area contributed by atoms with E-state index in [0.717, 1.165) is 12.8 Å². The summed E-state index contributed by atoms with van der Waals surface area (Å²) in [5.74, 6) is -1.84. The number of rotatable bonds is 5. The number of cyclic esters (lactones) is 1. The number of hydrogen-bond acceptors (Lipinski definition) is 6. The fourth-order valence-electron chi connectivity index (χ4n) is 5.61. The zero-order valence-corrected chi connectivity index (χ0v) is 17.6. The smallest absolute Gasteiger partial charge is 0.343 e. The highest BCUT2D eigenvalue weighted by atomic mass is 16.6. The number of carbonyl (C=O) groups excluding carboxylic acids is 3. The number of carbonyl (C=O) groups is 3. The van der Waals surface area contributed by atoms with E-state index < -0.39 is 29.1 Å². The minimum Gasteiger partial charge on any atom is -0.459 e. The van der Waals surface area contributed by atoms with Crippen LogP contribution in [-0.2, 0) is 23.9 Å². The second-order valence-electron chi connectivity index (χ2n) is 9.20. The van der Waals surface area contributed by atoms with E-state index in [1.54, 1.807) is 24.3 Å². The molecule has 1 saturated carbocycles. The van der Waals surface area contributed by atoms with Crippen molar-refractivity contribution < 1.29 is 29.0 Å². The van der Waals surface area contributed by atoms with Crippen LogP contribution in [0.25, 0.3) is 0 Å². The van der Waals surface area contributed by atoms with Crippen molar-refractivity contribution in [1.82, 2.24) is 0 Å². The average Bonchev–Trinajstić information content (AvgIpc) is 2.91. The zero-order chi connectivity index (χ0) is 21.4. The van der Waals surface area contributed by atoms with Gasteiger partial charge in [-0.05, 0) is 37.3 Å². The molecular weight excluding hydrogens is 372 g/mol. The molecule has 158 valence electrons. The maximum absolute atomic E-state index is 12.5. The average molecular weight is 402 g/mol. The van der Waals surface area contributed by atoms with Crippen molar-refractivity contribution in [3.8, 4) is 0 Å². The molecule has 0 aromatic heterocycles. The van der Waals surface area contributed by atoms with Gasteiger partial charge in [0.25, 0.3) is 0 Å². The highest BCUT2D eigenvalue weighted by Gasteiger charge is 2.69. The van der Waals surface area contributed by atoms with Gasteiger partial charge in [-0.3, -0.25) is 9.59 Å². The SMILES string of the molecule is CC=CC=CC(=O)CC(=O)OC1C=C2COC(=O)C2(O)C2(C)CCCC(C)(C)C12. The summed E-state index contributed by atoms with van der Waals surface area (Å²) in [7, 11) is 0. The lowest BCUT2D eigenvalue weighted by molar-refractivity contribution is -0.196. The van der Waals surface area contributed by atoms with Crippen molar-refractivity contribution in [3.63, 3.8) is 0 Å². The minimum atomic E-state index is -1.69. The van der Waals surface area contributed by atoms with Crippen LogP contribution in [0.4, 0.5) is 0 Å². The van der Waals surface area contributed by atoms with Crippen molar-refractivity contribution >= 4 is 17.7 Å². The minimum absolute atomic E-state index is 0.00283. The number of aliphatic hydroxyl groups is 1. The van der Waals surface area contributed by atoms with Gasteiger partial charge in [0.1, 0.15) is 19.1 Å². The van der Waals surface area contributed by atoms with Crippen molar-refractivity contribution in [2.24, 2.45) is 16.7 Å². The van der Waals surface area contributed by atoms with Crippen LogP contribution in [0, 0.1) is 16.7 Å². The first-order valence-corrected chi connectivity index (χ1v) is 10.2. The molecule has 29 heavy (non-hydrogen) atoms. The fourth-order valence-corrected chi connectivity index (χ4v) is 5.61. The van der Waals surface area contributed by atoms with E-state index in [4.69, 9.17) is 9.47 Å². The summed E-state index contributed by atoms with van der Waals surface area (Å²) in [5.41, 5.74) is -2.32. The summed E-state index contributed by atoms with van der Waals surface area (Å²) in [6.45, 7) is 7.87. The molecule has 6 heteroatoms. The van der Waals surface area contributed by atoms with E-state index in [0.29, 0.717) is 12.0 Å². The van der Waals surface area contributed by atoms with Gasteiger partial charge in [-0.25, -0.2) is 4.79 Å². The molecule has 1 N–H and O–H groups in total. The molecule has 0 aromatic carbocycles. The Morgan fingerprint density at radius 1 is 1.28 bits per heavy atom. The third kappa shape index (κ3) is 3.48. The monoisotopic (exact) mass is 402 g/mol. The van der Waals surface area contributed by atoms with E-state index in [9.17, 15) is 19.5 Å². The first kappa shape index (κ1) is 21.5. The van der Waals surface area contributed by atoms with E-state index in [1.165, 1.54) is 6.08 Å². The Kier molecular flexibility index (Phi) is 5.60. The van der Waals surface area contributed by atoms with Gasteiger partial charge in [-0.2, -0.15) is 0 Å². The highest BCUT2D eigenvalue weighted by molar-refractivity contribution is 6.02. The van der Waals surface area contributed by atoms with Crippen LogP contribution < -0.4 is 0 Å². The number of esters is 2. The maximum atomic E-state index is 12.5. The molecule has 1 saturated heterocycles. The van der Waals surface area contributed by atoms with Crippen LogP contribution in [0.5, 0.6) is 0 Å². The number of ketones is 1. The number of hydrogen-bond donors (Lipinski definition) is 1. The van der Waals surface area contributed by atoms with Gasteiger partial charge in [0, 0.05) is 16.9 Å². The maximum Gasteiger partial charge on any atom is 0.343 e. The normalized spacial score (nSPS) is 35.8. The van der Waals surface area contributed by atoms with E-state index in [2.05, 4.69) is 13.8 Å². The van der Waals surface area contributed by atoms with Crippen LogP contribution >= 0.6 is 0 Å². The summed E-state index contributed by atoms with van der Waals surface area (Å²) in [5, 5.41) is 11.4. The summed E-state index contributed by atoms with van der Waals surface area (Å²) in [4.78, 5) is 37.0. The highest BCUT2D eigenvalue weighted by Crippen LogP contribution is 2.63. The third-order valence-corrected chi connectivity index (χ3v) is 6.86. The third-order valence-electron chi connectivity index (χ3n) is 6.86. The molecule has 0 aromatic rings. The van der Waals surface area contributed by atoms with Crippen molar-refractivity contribution in [3.05, 3.63) is 36.0 Å². The topological polar surface area (TPSA) is 89.9 Å². The molecule has 0 bridgehead atoms. The quantitative estimate of drug-likeness (QED) is 0.250. The largest absolute Gasteiger partial charge is 0.459 e. The van der Waals surface area contributed by atoms with Crippen LogP contribution in [-0.4, -0.2) is 41.1 Å². The van der Waals surface area contributed by atoms with Gasteiger partial charge in [0.05, 0.1) is 0 Å². The van der Waals surface area contributed by atoms with E-state index >= 15 is 0 Å². The molecule has 2 aliphatic carbocycles. The number of allylic oxidation sites excluding steroid dienone is 4. The molecule has 4 unspecified atom stereocenters. The first-order chi connectivity index (χ1) is 13.6. The Balaban J connectivity index is 1.90. The second kappa shape index (κ2) is 7.56. The predicted octanol–water partition coefficient (Wildman–Crippen LogP) is 3.05.